The van der Waals surface area contributed by atoms with E-state index < -0.39 is 0 Å². The highest BCUT2D eigenvalue weighted by atomic mass is 127. The van der Waals surface area contributed by atoms with Crippen molar-refractivity contribution in [3.8, 4) is 0 Å². The van der Waals surface area contributed by atoms with Crippen LogP contribution in [-0.2, 0) is 9.47 Å². The van der Waals surface area contributed by atoms with Gasteiger partial charge in [0, 0.05) is 7.14 Å². The maximum Gasteiger partial charge on any atom is 0.338 e. The first-order valence-corrected chi connectivity index (χ1v) is 10.6. The number of carbonyl (C=O) groups excluding carboxylic acids is 2. The van der Waals surface area contributed by atoms with Gasteiger partial charge in [-0.3, -0.25) is 0 Å². The summed E-state index contributed by atoms with van der Waals surface area (Å²) in [6, 6.07) is 14.6. The second kappa shape index (κ2) is 11.5. The van der Waals surface area contributed by atoms with Gasteiger partial charge in [0.2, 0.25) is 0 Å². The van der Waals surface area contributed by atoms with Crippen LogP contribution < -0.4 is 0 Å². The Bertz CT molecular complexity index is 648. The molecule has 0 unspecified atom stereocenters. The van der Waals surface area contributed by atoms with Crippen molar-refractivity contribution in [2.75, 3.05) is 13.2 Å². The molecule has 6 heteroatoms. The van der Waals surface area contributed by atoms with Crippen molar-refractivity contribution in [1.29, 1.82) is 0 Å². The maximum absolute atomic E-state index is 11.8. The summed E-state index contributed by atoms with van der Waals surface area (Å²) in [4.78, 5) is 23.7. The number of halogens is 2. The molecule has 0 amide bonds. The topological polar surface area (TPSA) is 52.6 Å². The van der Waals surface area contributed by atoms with Gasteiger partial charge >= 0.3 is 11.9 Å². The largest absolute Gasteiger partial charge is 0.462 e. The van der Waals surface area contributed by atoms with Crippen molar-refractivity contribution in [2.45, 2.75) is 25.7 Å². The van der Waals surface area contributed by atoms with Crippen LogP contribution in [-0.4, -0.2) is 25.2 Å². The number of esters is 2. The molecule has 0 bridgehead atoms. The Kier molecular flexibility index (Phi) is 9.38. The Balaban J connectivity index is 1.51. The molecule has 0 aliphatic heterocycles. The molecule has 0 radical (unpaired) electrons. The molecule has 0 saturated heterocycles. The van der Waals surface area contributed by atoms with Crippen molar-refractivity contribution in [2.24, 2.45) is 0 Å². The molecule has 138 valence electrons. The number of benzene rings is 2. The third kappa shape index (κ3) is 7.61. The summed E-state index contributed by atoms with van der Waals surface area (Å²) in [6.45, 7) is 0.820. The molecule has 0 N–H and O–H groups in total. The molecule has 0 saturated carbocycles. The minimum atomic E-state index is -0.284. The monoisotopic (exact) mass is 578 g/mol. The summed E-state index contributed by atoms with van der Waals surface area (Å²) >= 11 is 4.39. The summed E-state index contributed by atoms with van der Waals surface area (Å²) in [7, 11) is 0. The van der Waals surface area contributed by atoms with Crippen LogP contribution in [0.5, 0.6) is 0 Å². The van der Waals surface area contributed by atoms with Gasteiger partial charge in [-0.15, -0.1) is 0 Å². The summed E-state index contributed by atoms with van der Waals surface area (Å²) in [5, 5.41) is 0. The SMILES string of the molecule is O=C(OCCCCCCOC(=O)c1ccc(I)cc1)c1ccc(I)cc1. The van der Waals surface area contributed by atoms with E-state index in [-0.39, 0.29) is 11.9 Å². The third-order valence-corrected chi connectivity index (χ3v) is 5.10. The van der Waals surface area contributed by atoms with Crippen molar-refractivity contribution in [1.82, 2.24) is 0 Å². The molecule has 0 heterocycles. The average Bonchev–Trinajstić information content (AvgIpc) is 2.64. The van der Waals surface area contributed by atoms with E-state index in [1.54, 1.807) is 24.3 Å². The molecular formula is C20H20I2O4. The zero-order valence-electron chi connectivity index (χ0n) is 14.3. The molecule has 0 atom stereocenters. The van der Waals surface area contributed by atoms with Gasteiger partial charge in [0.25, 0.3) is 0 Å². The first-order valence-electron chi connectivity index (χ1n) is 8.41. The van der Waals surface area contributed by atoms with Crippen LogP contribution in [0.3, 0.4) is 0 Å². The second-order valence-corrected chi connectivity index (χ2v) is 8.19. The molecule has 4 nitrogen and oxygen atoms in total. The molecule has 0 spiro atoms. The Labute approximate surface area is 180 Å². The summed E-state index contributed by atoms with van der Waals surface area (Å²) in [5.74, 6) is -0.569. The van der Waals surface area contributed by atoms with E-state index in [4.69, 9.17) is 9.47 Å². The number of hydrogen-bond donors (Lipinski definition) is 0. The zero-order valence-corrected chi connectivity index (χ0v) is 18.6. The third-order valence-electron chi connectivity index (χ3n) is 3.66. The number of unbranched alkanes of at least 4 members (excludes halogenated alkanes) is 3. The van der Waals surface area contributed by atoms with Gasteiger partial charge in [-0.1, -0.05) is 0 Å². The fourth-order valence-corrected chi connectivity index (χ4v) is 2.95. The number of hydrogen-bond acceptors (Lipinski definition) is 4. The van der Waals surface area contributed by atoms with E-state index in [0.717, 1.165) is 32.8 Å². The van der Waals surface area contributed by atoms with Gasteiger partial charge in [0.15, 0.2) is 0 Å². The van der Waals surface area contributed by atoms with Crippen LogP contribution >= 0.6 is 45.2 Å². The smallest absolute Gasteiger partial charge is 0.338 e. The number of carbonyl (C=O) groups is 2. The van der Waals surface area contributed by atoms with Crippen LogP contribution in [0.1, 0.15) is 46.4 Å². The maximum atomic E-state index is 11.8. The van der Waals surface area contributed by atoms with Crippen molar-refractivity contribution in [3.63, 3.8) is 0 Å². The predicted octanol–water partition coefficient (Wildman–Crippen LogP) is 5.47. The van der Waals surface area contributed by atoms with Crippen LogP contribution in [0.25, 0.3) is 0 Å². The summed E-state index contributed by atoms with van der Waals surface area (Å²) < 4.78 is 12.7. The lowest BCUT2D eigenvalue weighted by Crippen LogP contribution is -2.07. The Morgan fingerprint density at radius 3 is 1.31 bits per heavy atom. The van der Waals surface area contributed by atoms with Crippen molar-refractivity contribution >= 4 is 57.1 Å². The average molecular weight is 578 g/mol. The minimum Gasteiger partial charge on any atom is -0.462 e. The highest BCUT2D eigenvalue weighted by Crippen LogP contribution is 2.10. The van der Waals surface area contributed by atoms with E-state index in [9.17, 15) is 9.59 Å². The molecule has 26 heavy (non-hydrogen) atoms. The summed E-state index contributed by atoms with van der Waals surface area (Å²) in [6.07, 6.45) is 3.48. The molecular weight excluding hydrogens is 558 g/mol. The quantitative estimate of drug-likeness (QED) is 0.225. The normalized spacial score (nSPS) is 10.4. The van der Waals surface area contributed by atoms with Crippen LogP contribution in [0.2, 0.25) is 0 Å². The summed E-state index contributed by atoms with van der Waals surface area (Å²) in [5.41, 5.74) is 1.15. The number of ether oxygens (including phenoxy) is 2. The van der Waals surface area contributed by atoms with Crippen molar-refractivity contribution < 1.29 is 19.1 Å². The number of rotatable bonds is 9. The van der Waals surface area contributed by atoms with E-state index in [1.165, 1.54) is 0 Å². The molecule has 2 aromatic rings. The van der Waals surface area contributed by atoms with Crippen LogP contribution in [0, 0.1) is 7.14 Å². The van der Waals surface area contributed by atoms with Crippen molar-refractivity contribution in [3.05, 3.63) is 66.8 Å². The fourth-order valence-electron chi connectivity index (χ4n) is 2.23. The fraction of sp³-hybridized carbons (Fsp3) is 0.300. The van der Waals surface area contributed by atoms with Crippen LogP contribution in [0.4, 0.5) is 0 Å². The van der Waals surface area contributed by atoms with Gasteiger partial charge in [-0.2, -0.15) is 0 Å². The highest BCUT2D eigenvalue weighted by molar-refractivity contribution is 14.1. The Morgan fingerprint density at radius 1 is 0.615 bits per heavy atom. The van der Waals surface area contributed by atoms with E-state index in [2.05, 4.69) is 45.2 Å². The van der Waals surface area contributed by atoms with E-state index in [1.807, 2.05) is 24.3 Å². The first-order chi connectivity index (χ1) is 12.6. The second-order valence-electron chi connectivity index (χ2n) is 5.70. The molecule has 2 aromatic carbocycles. The molecule has 0 aliphatic rings. The van der Waals surface area contributed by atoms with E-state index >= 15 is 0 Å². The minimum absolute atomic E-state index is 0.284. The van der Waals surface area contributed by atoms with Gasteiger partial charge in [-0.05, 0) is 119 Å². The Morgan fingerprint density at radius 2 is 0.962 bits per heavy atom. The van der Waals surface area contributed by atoms with Gasteiger partial charge in [0.05, 0.1) is 24.3 Å². The first kappa shape index (κ1) is 21.1. The van der Waals surface area contributed by atoms with E-state index in [0.29, 0.717) is 24.3 Å². The lowest BCUT2D eigenvalue weighted by molar-refractivity contribution is 0.0473. The predicted molar refractivity (Wildman–Crippen MR) is 117 cm³/mol. The van der Waals surface area contributed by atoms with Crippen LogP contribution in [0.15, 0.2) is 48.5 Å². The highest BCUT2D eigenvalue weighted by Gasteiger charge is 2.07. The Hall–Kier alpha value is -1.16. The molecule has 0 aliphatic carbocycles. The molecule has 0 fully saturated rings. The van der Waals surface area contributed by atoms with Gasteiger partial charge in [-0.25, -0.2) is 9.59 Å². The standard InChI is InChI=1S/C20H20I2O4/c21-17-9-5-15(6-10-17)19(23)25-13-3-1-2-4-14-26-20(24)16-7-11-18(22)12-8-16/h5-12H,1-4,13-14H2. The lowest BCUT2D eigenvalue weighted by atomic mass is 10.2. The molecule has 0 aromatic heterocycles. The zero-order chi connectivity index (χ0) is 18.8. The van der Waals surface area contributed by atoms with Gasteiger partial charge < -0.3 is 9.47 Å². The lowest BCUT2D eigenvalue weighted by Gasteiger charge is -2.06. The van der Waals surface area contributed by atoms with Gasteiger partial charge in [0.1, 0.15) is 0 Å². The molecule has 2 rings (SSSR count).